The lowest BCUT2D eigenvalue weighted by Gasteiger charge is -2.05. The first-order valence-electron chi connectivity index (χ1n) is 4.28. The third-order valence-electron chi connectivity index (χ3n) is 2.23. The first kappa shape index (κ1) is 9.48. The molecule has 14 heavy (non-hydrogen) atoms. The van der Waals surface area contributed by atoms with Gasteiger partial charge in [0.15, 0.2) is 0 Å². The van der Waals surface area contributed by atoms with Crippen LogP contribution in [-0.4, -0.2) is 20.8 Å². The maximum Gasteiger partial charge on any atom is 0.209 e. The van der Waals surface area contributed by atoms with Gasteiger partial charge < -0.3 is 4.74 Å². The maximum atomic E-state index is 10.9. The summed E-state index contributed by atoms with van der Waals surface area (Å²) < 4.78 is 27.2. The number of benzene rings is 1. The number of nitrogens with two attached hydrogens (primary N) is 1. The molecule has 0 fully saturated rings. The summed E-state index contributed by atoms with van der Waals surface area (Å²) in [7, 11) is -3.43. The Hall–Kier alpha value is -1.07. The molecule has 0 aliphatic carbocycles. The second-order valence-electron chi connectivity index (χ2n) is 3.38. The van der Waals surface area contributed by atoms with E-state index in [0.29, 0.717) is 6.61 Å². The fraction of sp³-hybridized carbons (Fsp3) is 0.333. The summed E-state index contributed by atoms with van der Waals surface area (Å²) in [4.78, 5) is 0. The van der Waals surface area contributed by atoms with Crippen LogP contribution in [0.5, 0.6) is 5.75 Å². The van der Waals surface area contributed by atoms with Gasteiger partial charge in [0.25, 0.3) is 0 Å². The highest BCUT2D eigenvalue weighted by Gasteiger charge is 2.26. The molecule has 4 nitrogen and oxygen atoms in total. The Labute approximate surface area is 82.7 Å². The second-order valence-corrected chi connectivity index (χ2v) is 5.03. The molecule has 1 unspecified atom stereocenters. The van der Waals surface area contributed by atoms with Gasteiger partial charge in [-0.1, -0.05) is 18.2 Å². The van der Waals surface area contributed by atoms with Crippen molar-refractivity contribution in [1.29, 1.82) is 0 Å². The van der Waals surface area contributed by atoms with E-state index in [-0.39, 0.29) is 11.7 Å². The van der Waals surface area contributed by atoms with Crippen LogP contribution in [0.15, 0.2) is 24.3 Å². The number of ether oxygens (including phenoxy) is 1. The molecular weight excluding hydrogens is 202 g/mol. The lowest BCUT2D eigenvalue weighted by molar-refractivity contribution is 0.337. The molecule has 0 radical (unpaired) electrons. The number of hydrogen-bond donors (Lipinski definition) is 1. The van der Waals surface area contributed by atoms with E-state index >= 15 is 0 Å². The van der Waals surface area contributed by atoms with Crippen LogP contribution in [-0.2, 0) is 10.0 Å². The average Bonchev–Trinajstić information content (AvgIpc) is 2.47. The summed E-state index contributed by atoms with van der Waals surface area (Å²) in [5.41, 5.74) is 0.932. The molecule has 1 atom stereocenters. The van der Waals surface area contributed by atoms with Crippen LogP contribution in [0.2, 0.25) is 0 Å². The third-order valence-corrected chi connectivity index (χ3v) is 3.10. The summed E-state index contributed by atoms with van der Waals surface area (Å²) in [5.74, 6) is 0.589. The quantitative estimate of drug-likeness (QED) is 0.775. The van der Waals surface area contributed by atoms with Gasteiger partial charge in [-0.15, -0.1) is 0 Å². The number of primary sulfonamides is 1. The van der Waals surface area contributed by atoms with Crippen LogP contribution in [0.4, 0.5) is 0 Å². The van der Waals surface area contributed by atoms with Gasteiger partial charge in [0.05, 0.1) is 12.4 Å². The third kappa shape index (κ3) is 1.88. The van der Waals surface area contributed by atoms with Gasteiger partial charge >= 0.3 is 0 Å². The monoisotopic (exact) mass is 213 g/mol. The zero-order chi connectivity index (χ0) is 10.2. The van der Waals surface area contributed by atoms with Crippen LogP contribution >= 0.6 is 0 Å². The van der Waals surface area contributed by atoms with Crippen molar-refractivity contribution in [3.63, 3.8) is 0 Å². The Morgan fingerprint density at radius 2 is 2.14 bits per heavy atom. The minimum absolute atomic E-state index is 0.0516. The van der Waals surface area contributed by atoms with E-state index in [2.05, 4.69) is 0 Å². The fourth-order valence-corrected chi connectivity index (χ4v) is 2.48. The van der Waals surface area contributed by atoms with Crippen LogP contribution in [0.25, 0.3) is 0 Å². The Kier molecular flexibility index (Phi) is 2.20. The topological polar surface area (TPSA) is 69.4 Å². The maximum absolute atomic E-state index is 10.9. The van der Waals surface area contributed by atoms with Gasteiger partial charge in [0, 0.05) is 11.5 Å². The predicted octanol–water partition coefficient (Wildman–Crippen LogP) is 0.451. The number of hydrogen-bond acceptors (Lipinski definition) is 3. The molecule has 1 heterocycles. The largest absolute Gasteiger partial charge is 0.493 e. The van der Waals surface area contributed by atoms with Crippen molar-refractivity contribution in [2.24, 2.45) is 5.14 Å². The van der Waals surface area contributed by atoms with E-state index in [1.54, 1.807) is 0 Å². The van der Waals surface area contributed by atoms with Crippen LogP contribution < -0.4 is 9.88 Å². The van der Waals surface area contributed by atoms with Crippen molar-refractivity contribution in [3.05, 3.63) is 29.8 Å². The standard InChI is InChI=1S/C9H11NO3S/c10-14(11,12)6-7-5-13-9-4-2-1-3-8(7)9/h1-4,7H,5-6H2,(H2,10,11,12). The summed E-state index contributed by atoms with van der Waals surface area (Å²) in [6, 6.07) is 7.43. The van der Waals surface area contributed by atoms with Gasteiger partial charge in [0.1, 0.15) is 5.75 Å². The molecular formula is C9H11NO3S. The molecule has 1 aliphatic heterocycles. The minimum atomic E-state index is -3.43. The predicted molar refractivity (Wildman–Crippen MR) is 52.7 cm³/mol. The highest BCUT2D eigenvalue weighted by Crippen LogP contribution is 2.33. The summed E-state index contributed by atoms with van der Waals surface area (Å²) in [6.45, 7) is 0.399. The summed E-state index contributed by atoms with van der Waals surface area (Å²) in [5, 5.41) is 4.99. The molecule has 2 rings (SSSR count). The number of para-hydroxylation sites is 1. The molecule has 1 aliphatic rings. The first-order valence-corrected chi connectivity index (χ1v) is 6.00. The van der Waals surface area contributed by atoms with E-state index in [1.807, 2.05) is 24.3 Å². The fourth-order valence-electron chi connectivity index (χ4n) is 1.65. The highest BCUT2D eigenvalue weighted by molar-refractivity contribution is 7.89. The molecule has 0 spiro atoms. The van der Waals surface area contributed by atoms with Crippen molar-refractivity contribution in [1.82, 2.24) is 0 Å². The van der Waals surface area contributed by atoms with Gasteiger partial charge in [-0.3, -0.25) is 0 Å². The molecule has 1 aromatic rings. The van der Waals surface area contributed by atoms with Crippen molar-refractivity contribution < 1.29 is 13.2 Å². The van der Waals surface area contributed by atoms with Crippen molar-refractivity contribution >= 4 is 10.0 Å². The Morgan fingerprint density at radius 3 is 2.86 bits per heavy atom. The van der Waals surface area contributed by atoms with Crippen LogP contribution in [0.1, 0.15) is 11.5 Å². The van der Waals surface area contributed by atoms with Crippen LogP contribution in [0.3, 0.4) is 0 Å². The Balaban J connectivity index is 2.27. The number of fused-ring (bicyclic) bond motifs is 1. The number of rotatable bonds is 2. The molecule has 5 heteroatoms. The lowest BCUT2D eigenvalue weighted by Crippen LogP contribution is -2.22. The number of sulfonamides is 1. The van der Waals surface area contributed by atoms with Crippen molar-refractivity contribution in [2.45, 2.75) is 5.92 Å². The molecule has 76 valence electrons. The molecule has 0 aromatic heterocycles. The smallest absolute Gasteiger partial charge is 0.209 e. The van der Waals surface area contributed by atoms with E-state index in [0.717, 1.165) is 11.3 Å². The van der Waals surface area contributed by atoms with Crippen LogP contribution in [0, 0.1) is 0 Å². The molecule has 1 aromatic carbocycles. The molecule has 0 saturated heterocycles. The SMILES string of the molecule is NS(=O)(=O)CC1COc2ccccc21. The minimum Gasteiger partial charge on any atom is -0.493 e. The van der Waals surface area contributed by atoms with E-state index in [9.17, 15) is 8.42 Å². The average molecular weight is 213 g/mol. The Bertz CT molecular complexity index is 441. The van der Waals surface area contributed by atoms with E-state index in [1.165, 1.54) is 0 Å². The molecule has 2 N–H and O–H groups in total. The zero-order valence-electron chi connectivity index (χ0n) is 7.51. The Morgan fingerprint density at radius 1 is 1.43 bits per heavy atom. The van der Waals surface area contributed by atoms with Crippen molar-refractivity contribution in [2.75, 3.05) is 12.4 Å². The normalized spacial score (nSPS) is 20.2. The molecule has 0 saturated carbocycles. The van der Waals surface area contributed by atoms with Crippen molar-refractivity contribution in [3.8, 4) is 5.75 Å². The van der Waals surface area contributed by atoms with E-state index < -0.39 is 10.0 Å². The lowest BCUT2D eigenvalue weighted by atomic mass is 10.0. The zero-order valence-corrected chi connectivity index (χ0v) is 8.33. The second kappa shape index (κ2) is 3.25. The molecule has 0 amide bonds. The van der Waals surface area contributed by atoms with Gasteiger partial charge in [-0.2, -0.15) is 0 Å². The highest BCUT2D eigenvalue weighted by atomic mass is 32.2. The van der Waals surface area contributed by atoms with Gasteiger partial charge in [-0.05, 0) is 6.07 Å². The summed E-state index contributed by atoms with van der Waals surface area (Å²) in [6.07, 6.45) is 0. The molecule has 0 bridgehead atoms. The van der Waals surface area contributed by atoms with Gasteiger partial charge in [0.2, 0.25) is 10.0 Å². The van der Waals surface area contributed by atoms with E-state index in [4.69, 9.17) is 9.88 Å². The summed E-state index contributed by atoms with van der Waals surface area (Å²) >= 11 is 0. The van der Waals surface area contributed by atoms with Gasteiger partial charge in [-0.25, -0.2) is 13.6 Å². The first-order chi connectivity index (χ1) is 6.56.